The molecule has 0 bridgehead atoms. The maximum atomic E-state index is 5.99. The first-order valence-corrected chi connectivity index (χ1v) is 6.72. The second kappa shape index (κ2) is 8.56. The first kappa shape index (κ1) is 15.5. The molecule has 0 amide bonds. The molecule has 0 aliphatic rings. The van der Waals surface area contributed by atoms with Gasteiger partial charge in [-0.2, -0.15) is 0 Å². The molecule has 0 fully saturated rings. The lowest BCUT2D eigenvalue weighted by Crippen LogP contribution is -2.35. The van der Waals surface area contributed by atoms with E-state index in [0.29, 0.717) is 13.1 Å². The second-order valence-corrected chi connectivity index (χ2v) is 4.71. The van der Waals surface area contributed by atoms with Crippen LogP contribution in [0.15, 0.2) is 35.6 Å². The normalized spacial score (nSPS) is 12.6. The lowest BCUT2D eigenvalue weighted by atomic mass is 10.2. The van der Waals surface area contributed by atoms with Crippen LogP contribution in [0.25, 0.3) is 0 Å². The molecule has 0 saturated heterocycles. The zero-order valence-corrected chi connectivity index (χ0v) is 12.1. The van der Waals surface area contributed by atoms with Gasteiger partial charge in [0.15, 0.2) is 0 Å². The van der Waals surface area contributed by atoms with Crippen LogP contribution in [0.5, 0.6) is 0 Å². The number of nitrogens with zero attached hydrogens (tertiary/aromatic N) is 3. The fraction of sp³-hybridized carbons (Fsp3) is 0.467. The smallest absolute Gasteiger partial charge is 0.0587 e. The highest BCUT2D eigenvalue weighted by Gasteiger charge is 2.05. The Kier molecular flexibility index (Phi) is 7.00. The number of allylic oxidation sites excluding steroid dienone is 1. The number of rotatable bonds is 7. The minimum absolute atomic E-state index is 0.637. The van der Waals surface area contributed by atoms with Crippen molar-refractivity contribution < 1.29 is 0 Å². The summed E-state index contributed by atoms with van der Waals surface area (Å²) in [4.78, 5) is 8.70. The van der Waals surface area contributed by atoms with Gasteiger partial charge < -0.3 is 0 Å². The van der Waals surface area contributed by atoms with Crippen molar-refractivity contribution in [2.75, 3.05) is 6.54 Å². The van der Waals surface area contributed by atoms with E-state index in [1.54, 1.807) is 11.2 Å². The van der Waals surface area contributed by atoms with Crippen LogP contribution in [0.4, 0.5) is 0 Å². The van der Waals surface area contributed by atoms with Crippen molar-refractivity contribution >= 4 is 5.71 Å². The van der Waals surface area contributed by atoms with Crippen LogP contribution in [0.1, 0.15) is 37.9 Å². The molecule has 0 spiro atoms. The van der Waals surface area contributed by atoms with Gasteiger partial charge in [0.2, 0.25) is 0 Å². The highest BCUT2D eigenvalue weighted by Crippen LogP contribution is 2.05. The lowest BCUT2D eigenvalue weighted by Gasteiger charge is -2.16. The highest BCUT2D eigenvalue weighted by atomic mass is 15.4. The van der Waals surface area contributed by atoms with E-state index >= 15 is 0 Å². The molecule has 0 aliphatic carbocycles. The Bertz CT molecular complexity index is 438. The minimum atomic E-state index is 0.637. The first-order chi connectivity index (χ1) is 9.13. The molecule has 19 heavy (non-hydrogen) atoms. The van der Waals surface area contributed by atoms with Gasteiger partial charge >= 0.3 is 0 Å². The number of unbranched alkanes of at least 4 members (excludes halogenated alkanes) is 1. The van der Waals surface area contributed by atoms with Gasteiger partial charge in [-0.05, 0) is 31.9 Å². The molecule has 0 unspecified atom stereocenters. The summed E-state index contributed by atoms with van der Waals surface area (Å²) in [6, 6.07) is 3.98. The van der Waals surface area contributed by atoms with Crippen molar-refractivity contribution in [1.82, 2.24) is 9.99 Å². The summed E-state index contributed by atoms with van der Waals surface area (Å²) < 4.78 is 0. The lowest BCUT2D eigenvalue weighted by molar-refractivity contribution is 0.310. The summed E-state index contributed by atoms with van der Waals surface area (Å²) in [5.41, 5.74) is 3.18. The van der Waals surface area contributed by atoms with E-state index in [9.17, 15) is 0 Å². The van der Waals surface area contributed by atoms with Crippen LogP contribution in [-0.2, 0) is 6.54 Å². The Labute approximate surface area is 116 Å². The summed E-state index contributed by atoms with van der Waals surface area (Å²) >= 11 is 0. The number of nitrogens with two attached hydrogens (primary N) is 1. The number of aryl methyl sites for hydroxylation is 1. The fourth-order valence-electron chi connectivity index (χ4n) is 1.69. The van der Waals surface area contributed by atoms with Crippen molar-refractivity contribution in [2.24, 2.45) is 10.8 Å². The van der Waals surface area contributed by atoms with Crippen LogP contribution in [0.2, 0.25) is 0 Å². The van der Waals surface area contributed by atoms with Crippen LogP contribution < -0.4 is 5.84 Å². The minimum Gasteiger partial charge on any atom is -0.268 e. The third-order valence-electron chi connectivity index (χ3n) is 2.76. The molecule has 1 rings (SSSR count). The van der Waals surface area contributed by atoms with Crippen molar-refractivity contribution in [3.8, 4) is 0 Å². The van der Waals surface area contributed by atoms with Gasteiger partial charge in [0.1, 0.15) is 0 Å². The number of aliphatic imine (C=N–C) groups is 1. The summed E-state index contributed by atoms with van der Waals surface area (Å²) in [6.45, 7) is 7.47. The van der Waals surface area contributed by atoms with Crippen molar-refractivity contribution in [3.63, 3.8) is 0 Å². The predicted molar refractivity (Wildman–Crippen MR) is 80.7 cm³/mol. The Balaban J connectivity index is 2.47. The number of aromatic nitrogens is 1. The average molecular weight is 260 g/mol. The van der Waals surface area contributed by atoms with E-state index in [-0.39, 0.29) is 0 Å². The molecule has 0 saturated carbocycles. The maximum absolute atomic E-state index is 5.99. The number of pyridine rings is 1. The summed E-state index contributed by atoms with van der Waals surface area (Å²) in [6.07, 6.45) is 7.94. The van der Waals surface area contributed by atoms with E-state index in [1.807, 2.05) is 32.2 Å². The number of hydrogen-bond acceptors (Lipinski definition) is 4. The Morgan fingerprint density at radius 1 is 1.53 bits per heavy atom. The standard InChI is InChI=1S/C15H24N4/c1-4-5-6-9-17-14(3)11-19(16)12-15-13(2)8-7-10-18-15/h6-10H,4-5,11-12,16H2,1-3H3/b9-6-,17-14+. The summed E-state index contributed by atoms with van der Waals surface area (Å²) in [5.74, 6) is 5.99. The van der Waals surface area contributed by atoms with Gasteiger partial charge in [-0.25, -0.2) is 5.01 Å². The molecule has 0 atom stereocenters. The highest BCUT2D eigenvalue weighted by molar-refractivity contribution is 5.84. The van der Waals surface area contributed by atoms with Gasteiger partial charge in [-0.1, -0.05) is 25.5 Å². The quantitative estimate of drug-likeness (QED) is 0.466. The fourth-order valence-corrected chi connectivity index (χ4v) is 1.69. The van der Waals surface area contributed by atoms with E-state index in [1.165, 1.54) is 0 Å². The Hall–Kier alpha value is -1.52. The molecule has 0 radical (unpaired) electrons. The Morgan fingerprint density at radius 2 is 2.32 bits per heavy atom. The zero-order valence-electron chi connectivity index (χ0n) is 12.1. The van der Waals surface area contributed by atoms with Crippen LogP contribution >= 0.6 is 0 Å². The maximum Gasteiger partial charge on any atom is 0.0587 e. The van der Waals surface area contributed by atoms with Crippen molar-refractivity contribution in [3.05, 3.63) is 41.9 Å². The number of hydrogen-bond donors (Lipinski definition) is 1. The molecule has 2 N–H and O–H groups in total. The third kappa shape index (κ3) is 6.27. The summed E-state index contributed by atoms with van der Waals surface area (Å²) in [5, 5.41) is 1.74. The van der Waals surface area contributed by atoms with E-state index in [4.69, 9.17) is 5.84 Å². The topological polar surface area (TPSA) is 54.5 Å². The molecular weight excluding hydrogens is 236 g/mol. The van der Waals surface area contributed by atoms with Crippen LogP contribution in [-0.4, -0.2) is 22.2 Å². The molecule has 1 heterocycles. The van der Waals surface area contributed by atoms with E-state index < -0.39 is 0 Å². The van der Waals surface area contributed by atoms with Gasteiger partial charge in [-0.3, -0.25) is 15.8 Å². The van der Waals surface area contributed by atoms with Gasteiger partial charge in [0.25, 0.3) is 0 Å². The molecule has 4 heteroatoms. The van der Waals surface area contributed by atoms with Crippen molar-refractivity contribution in [1.29, 1.82) is 0 Å². The molecule has 104 valence electrons. The van der Waals surface area contributed by atoms with Gasteiger partial charge in [0.05, 0.1) is 18.8 Å². The van der Waals surface area contributed by atoms with E-state index in [2.05, 4.69) is 23.0 Å². The number of hydrazine groups is 1. The molecule has 4 nitrogen and oxygen atoms in total. The van der Waals surface area contributed by atoms with Crippen molar-refractivity contribution in [2.45, 2.75) is 40.2 Å². The first-order valence-electron chi connectivity index (χ1n) is 6.72. The Morgan fingerprint density at radius 3 is 3.00 bits per heavy atom. The van der Waals surface area contributed by atoms with Crippen LogP contribution in [0, 0.1) is 6.92 Å². The third-order valence-corrected chi connectivity index (χ3v) is 2.76. The van der Waals surface area contributed by atoms with Crippen LogP contribution in [0.3, 0.4) is 0 Å². The SMILES string of the molecule is CCC/C=C\N=C(/C)CN(N)Cc1ncccc1C. The second-order valence-electron chi connectivity index (χ2n) is 4.71. The van der Waals surface area contributed by atoms with Gasteiger partial charge in [0, 0.05) is 18.1 Å². The zero-order chi connectivity index (χ0) is 14.1. The van der Waals surface area contributed by atoms with Gasteiger partial charge in [-0.15, -0.1) is 0 Å². The monoisotopic (exact) mass is 260 g/mol. The van der Waals surface area contributed by atoms with E-state index in [0.717, 1.165) is 29.8 Å². The largest absolute Gasteiger partial charge is 0.268 e. The molecule has 0 aromatic carbocycles. The average Bonchev–Trinajstić information content (AvgIpc) is 2.37. The summed E-state index contributed by atoms with van der Waals surface area (Å²) in [7, 11) is 0. The molecular formula is C15H24N4. The molecule has 0 aliphatic heterocycles. The predicted octanol–water partition coefficient (Wildman–Crippen LogP) is 2.84. The molecule has 1 aromatic heterocycles. The molecule has 1 aromatic rings.